The Morgan fingerprint density at radius 1 is 1.26 bits per heavy atom. The summed E-state index contributed by atoms with van der Waals surface area (Å²) in [6.45, 7) is 6.77. The molecule has 0 saturated carbocycles. The van der Waals surface area contributed by atoms with Gasteiger partial charge in [0.05, 0.1) is 18.4 Å². The van der Waals surface area contributed by atoms with E-state index in [2.05, 4.69) is 17.2 Å². The summed E-state index contributed by atoms with van der Waals surface area (Å²) in [5.74, 6) is -0.691. The Bertz CT molecular complexity index is 523. The first-order chi connectivity index (χ1) is 12.5. The highest BCUT2D eigenvalue weighted by molar-refractivity contribution is 5.85. The molecule has 2 aliphatic heterocycles. The van der Waals surface area contributed by atoms with Crippen LogP contribution in [-0.2, 0) is 14.4 Å². The molecule has 8 heteroatoms. The molecule has 2 heterocycles. The lowest BCUT2D eigenvalue weighted by atomic mass is 9.92. The third kappa shape index (κ3) is 7.89. The van der Waals surface area contributed by atoms with E-state index in [0.29, 0.717) is 25.4 Å². The lowest BCUT2D eigenvalue weighted by Crippen LogP contribution is -2.47. The van der Waals surface area contributed by atoms with Gasteiger partial charge < -0.3 is 20.6 Å². The number of halogens is 1. The van der Waals surface area contributed by atoms with Gasteiger partial charge in [-0.3, -0.25) is 14.4 Å². The van der Waals surface area contributed by atoms with E-state index in [0.717, 1.165) is 45.2 Å². The van der Waals surface area contributed by atoms with Crippen molar-refractivity contribution in [3.63, 3.8) is 0 Å². The molecule has 2 aliphatic rings. The first-order valence-electron chi connectivity index (χ1n) is 9.62. The van der Waals surface area contributed by atoms with Gasteiger partial charge in [0.1, 0.15) is 0 Å². The van der Waals surface area contributed by atoms with E-state index in [1.54, 1.807) is 4.90 Å². The van der Waals surface area contributed by atoms with E-state index < -0.39 is 12.0 Å². The van der Waals surface area contributed by atoms with Gasteiger partial charge in [-0.25, -0.2) is 0 Å². The van der Waals surface area contributed by atoms with Gasteiger partial charge in [-0.2, -0.15) is 0 Å². The molecule has 0 unspecified atom stereocenters. The maximum absolute atomic E-state index is 12.5. The summed E-state index contributed by atoms with van der Waals surface area (Å²) in [4.78, 5) is 37.6. The van der Waals surface area contributed by atoms with Gasteiger partial charge in [0, 0.05) is 19.5 Å². The van der Waals surface area contributed by atoms with Crippen molar-refractivity contribution in [2.24, 2.45) is 11.8 Å². The molecule has 0 spiro atoms. The molecule has 0 aromatic heterocycles. The van der Waals surface area contributed by atoms with Crippen molar-refractivity contribution in [3.8, 4) is 0 Å². The first-order valence-corrected chi connectivity index (χ1v) is 9.62. The highest BCUT2D eigenvalue weighted by atomic mass is 35.5. The van der Waals surface area contributed by atoms with Crippen molar-refractivity contribution in [2.75, 3.05) is 26.2 Å². The molecule has 2 amide bonds. The summed E-state index contributed by atoms with van der Waals surface area (Å²) in [5.41, 5.74) is 0. The van der Waals surface area contributed by atoms with Gasteiger partial charge in [-0.1, -0.05) is 6.08 Å². The molecule has 2 fully saturated rings. The largest absolute Gasteiger partial charge is 0.481 e. The number of likely N-dealkylation sites (tertiary alicyclic amines) is 1. The molecule has 7 nitrogen and oxygen atoms in total. The van der Waals surface area contributed by atoms with Gasteiger partial charge in [-0.15, -0.1) is 19.0 Å². The van der Waals surface area contributed by atoms with Crippen molar-refractivity contribution in [3.05, 3.63) is 12.7 Å². The van der Waals surface area contributed by atoms with Crippen LogP contribution in [0.3, 0.4) is 0 Å². The van der Waals surface area contributed by atoms with E-state index in [-0.39, 0.29) is 36.6 Å². The summed E-state index contributed by atoms with van der Waals surface area (Å²) in [7, 11) is 0. The van der Waals surface area contributed by atoms with E-state index in [4.69, 9.17) is 5.11 Å². The fourth-order valence-corrected chi connectivity index (χ4v) is 3.76. The maximum atomic E-state index is 12.5. The Kier molecular flexibility index (Phi) is 10.4. The zero-order chi connectivity index (χ0) is 18.9. The molecule has 2 atom stereocenters. The van der Waals surface area contributed by atoms with Crippen LogP contribution in [0, 0.1) is 11.8 Å². The summed E-state index contributed by atoms with van der Waals surface area (Å²) >= 11 is 0. The summed E-state index contributed by atoms with van der Waals surface area (Å²) in [6.07, 6.45) is 6.52. The number of nitrogens with one attached hydrogen (secondary N) is 2. The molecular formula is C19H32ClN3O4. The second-order valence-corrected chi connectivity index (χ2v) is 7.36. The minimum absolute atomic E-state index is 0. The van der Waals surface area contributed by atoms with Crippen molar-refractivity contribution in [1.82, 2.24) is 15.5 Å². The molecular weight excluding hydrogens is 370 g/mol. The zero-order valence-corrected chi connectivity index (χ0v) is 16.6. The van der Waals surface area contributed by atoms with Crippen LogP contribution in [0.2, 0.25) is 0 Å². The quantitative estimate of drug-likeness (QED) is 0.536. The number of amides is 2. The molecule has 2 saturated heterocycles. The maximum Gasteiger partial charge on any atom is 0.305 e. The standard InChI is InChI=1S/C19H31N3O4.ClH/c1-2-16(12-18(24)25)21-19(26)15-4-3-11-22(13-15)17(23)6-5-14-7-9-20-10-8-14;/h2,14-16,20H,1,3-13H2,(H,21,26)(H,24,25);1H/t15-,16-;/m1./s1. The minimum Gasteiger partial charge on any atom is -0.481 e. The average molecular weight is 402 g/mol. The molecule has 0 aromatic rings. The number of carbonyl (C=O) groups is 3. The number of rotatable bonds is 8. The summed E-state index contributed by atoms with van der Waals surface area (Å²) < 4.78 is 0. The molecule has 0 radical (unpaired) electrons. The summed E-state index contributed by atoms with van der Waals surface area (Å²) in [5, 5.41) is 14.9. The Hall–Kier alpha value is -1.60. The van der Waals surface area contributed by atoms with Gasteiger partial charge >= 0.3 is 5.97 Å². The van der Waals surface area contributed by atoms with E-state index in [1.807, 2.05) is 0 Å². The Labute approximate surface area is 167 Å². The minimum atomic E-state index is -0.978. The third-order valence-corrected chi connectivity index (χ3v) is 5.38. The number of aliphatic carboxylic acids is 1. The van der Waals surface area contributed by atoms with Crippen LogP contribution < -0.4 is 10.6 Å². The highest BCUT2D eigenvalue weighted by Crippen LogP contribution is 2.21. The van der Waals surface area contributed by atoms with Crippen LogP contribution >= 0.6 is 12.4 Å². The number of carboxylic acids is 1. The Morgan fingerprint density at radius 2 is 1.96 bits per heavy atom. The number of nitrogens with zero attached hydrogens (tertiary/aromatic N) is 1. The Balaban J connectivity index is 0.00000364. The SMILES string of the molecule is C=C[C@H](CC(=O)O)NC(=O)[C@@H]1CCCN(C(=O)CCC2CCNCC2)C1.Cl. The third-order valence-electron chi connectivity index (χ3n) is 5.38. The fourth-order valence-electron chi connectivity index (χ4n) is 3.76. The molecule has 2 rings (SSSR count). The summed E-state index contributed by atoms with van der Waals surface area (Å²) in [6, 6.07) is -0.578. The molecule has 0 bridgehead atoms. The number of carboxylic acid groups (broad SMARTS) is 1. The van der Waals surface area contributed by atoms with Crippen LogP contribution in [0.5, 0.6) is 0 Å². The van der Waals surface area contributed by atoms with E-state index >= 15 is 0 Å². The smallest absolute Gasteiger partial charge is 0.305 e. The monoisotopic (exact) mass is 401 g/mol. The highest BCUT2D eigenvalue weighted by Gasteiger charge is 2.29. The topological polar surface area (TPSA) is 98.7 Å². The van der Waals surface area contributed by atoms with Gasteiger partial charge in [-0.05, 0) is 51.1 Å². The number of carbonyl (C=O) groups excluding carboxylic acids is 2. The fraction of sp³-hybridized carbons (Fsp3) is 0.737. The molecule has 27 heavy (non-hydrogen) atoms. The van der Waals surface area contributed by atoms with Crippen molar-refractivity contribution in [1.29, 1.82) is 0 Å². The van der Waals surface area contributed by atoms with Crippen LogP contribution in [0.15, 0.2) is 12.7 Å². The predicted molar refractivity (Wildman–Crippen MR) is 106 cm³/mol. The van der Waals surface area contributed by atoms with Crippen LogP contribution in [0.4, 0.5) is 0 Å². The lowest BCUT2D eigenvalue weighted by molar-refractivity contribution is -0.137. The first kappa shape index (κ1) is 23.4. The van der Waals surface area contributed by atoms with Gasteiger partial charge in [0.15, 0.2) is 0 Å². The number of hydrogen-bond donors (Lipinski definition) is 3. The lowest BCUT2D eigenvalue weighted by Gasteiger charge is -2.33. The Morgan fingerprint density at radius 3 is 2.59 bits per heavy atom. The molecule has 0 aliphatic carbocycles. The average Bonchev–Trinajstić information content (AvgIpc) is 2.66. The molecule has 3 N–H and O–H groups in total. The molecule has 154 valence electrons. The van der Waals surface area contributed by atoms with E-state index in [9.17, 15) is 14.4 Å². The van der Waals surface area contributed by atoms with Gasteiger partial charge in [0.2, 0.25) is 11.8 Å². The van der Waals surface area contributed by atoms with Crippen LogP contribution in [0.25, 0.3) is 0 Å². The van der Waals surface area contributed by atoms with Gasteiger partial charge in [0.25, 0.3) is 0 Å². The van der Waals surface area contributed by atoms with Crippen molar-refractivity contribution < 1.29 is 19.5 Å². The molecule has 0 aromatic carbocycles. The second-order valence-electron chi connectivity index (χ2n) is 7.36. The van der Waals surface area contributed by atoms with Crippen LogP contribution in [0.1, 0.15) is 44.9 Å². The zero-order valence-electron chi connectivity index (χ0n) is 15.8. The normalized spacial score (nSPS) is 21.6. The van der Waals surface area contributed by atoms with E-state index in [1.165, 1.54) is 6.08 Å². The predicted octanol–water partition coefficient (Wildman–Crippen LogP) is 1.57. The van der Waals surface area contributed by atoms with Crippen molar-refractivity contribution >= 4 is 30.2 Å². The second kappa shape index (κ2) is 12.0. The number of hydrogen-bond acceptors (Lipinski definition) is 4. The van der Waals surface area contributed by atoms with Crippen LogP contribution in [-0.4, -0.2) is 60.0 Å². The van der Waals surface area contributed by atoms with Crippen molar-refractivity contribution in [2.45, 2.75) is 51.0 Å². The number of piperidine rings is 2.